The molecule has 1 fully saturated rings. The van der Waals surface area contributed by atoms with Gasteiger partial charge in [0.2, 0.25) is 0 Å². The highest BCUT2D eigenvalue weighted by molar-refractivity contribution is 5.66. The molecule has 15 heavy (non-hydrogen) atoms. The van der Waals surface area contributed by atoms with E-state index in [1.807, 2.05) is 0 Å². The first kappa shape index (κ1) is 12.1. The average molecular weight is 209 g/mol. The van der Waals surface area contributed by atoms with E-state index in [1.54, 1.807) is 6.92 Å². The lowest BCUT2D eigenvalue weighted by molar-refractivity contribution is -0.143. The second kappa shape index (κ2) is 6.47. The first-order valence-corrected chi connectivity index (χ1v) is 5.56. The summed E-state index contributed by atoms with van der Waals surface area (Å²) in [5.74, 6) is 5.72. The van der Waals surface area contributed by atoms with Gasteiger partial charge in [0.25, 0.3) is 0 Å². The summed E-state index contributed by atoms with van der Waals surface area (Å²) < 4.78 is 4.91. The van der Waals surface area contributed by atoms with Gasteiger partial charge in [0.1, 0.15) is 0 Å². The first-order chi connectivity index (χ1) is 7.18. The highest BCUT2D eigenvalue weighted by atomic mass is 16.5. The normalized spacial score (nSPS) is 18.8. The van der Waals surface area contributed by atoms with E-state index in [0.29, 0.717) is 0 Å². The molecule has 0 radical (unpaired) electrons. The van der Waals surface area contributed by atoms with Gasteiger partial charge in [0.15, 0.2) is 6.10 Å². The van der Waals surface area contributed by atoms with E-state index in [1.165, 1.54) is 26.2 Å². The molecule has 1 rings (SSSR count). The number of esters is 1. The Morgan fingerprint density at radius 1 is 1.40 bits per heavy atom. The predicted octanol–water partition coefficient (Wildman–Crippen LogP) is 1.43. The Bertz CT molecular complexity index is 259. The van der Waals surface area contributed by atoms with Crippen molar-refractivity contribution in [1.29, 1.82) is 0 Å². The highest BCUT2D eigenvalue weighted by Gasteiger charge is 2.07. The van der Waals surface area contributed by atoms with Gasteiger partial charge in [0, 0.05) is 6.92 Å². The van der Waals surface area contributed by atoms with E-state index in [4.69, 9.17) is 4.74 Å². The molecule has 0 aromatic heterocycles. The summed E-state index contributed by atoms with van der Waals surface area (Å²) in [5.41, 5.74) is 0. The molecule has 1 saturated heterocycles. The summed E-state index contributed by atoms with van der Waals surface area (Å²) in [6.07, 6.45) is 3.61. The molecule has 1 aliphatic heterocycles. The fourth-order valence-electron chi connectivity index (χ4n) is 1.70. The predicted molar refractivity (Wildman–Crippen MR) is 59.3 cm³/mol. The summed E-state index contributed by atoms with van der Waals surface area (Å²) in [6.45, 7) is 6.30. The smallest absolute Gasteiger partial charge is 0.303 e. The van der Waals surface area contributed by atoms with Gasteiger partial charge in [-0.15, -0.1) is 0 Å². The third kappa shape index (κ3) is 5.44. The molecule has 0 saturated carbocycles. The monoisotopic (exact) mass is 209 g/mol. The fraction of sp³-hybridized carbons (Fsp3) is 0.750. The van der Waals surface area contributed by atoms with Crippen molar-refractivity contribution in [3.05, 3.63) is 0 Å². The number of ether oxygens (including phenoxy) is 1. The van der Waals surface area contributed by atoms with Crippen molar-refractivity contribution in [2.24, 2.45) is 0 Å². The molecule has 0 aromatic rings. The van der Waals surface area contributed by atoms with Crippen LogP contribution in [-0.2, 0) is 9.53 Å². The minimum absolute atomic E-state index is 0.269. The topological polar surface area (TPSA) is 29.5 Å². The van der Waals surface area contributed by atoms with E-state index < -0.39 is 0 Å². The second-order valence-electron chi connectivity index (χ2n) is 3.91. The van der Waals surface area contributed by atoms with Crippen LogP contribution in [0.1, 0.15) is 33.1 Å². The number of piperidine rings is 1. The Kier molecular flexibility index (Phi) is 5.20. The number of nitrogens with zero attached hydrogens (tertiary/aromatic N) is 1. The van der Waals surface area contributed by atoms with Gasteiger partial charge in [0.05, 0.1) is 6.54 Å². The third-order valence-electron chi connectivity index (χ3n) is 2.40. The zero-order chi connectivity index (χ0) is 11.1. The molecule has 1 heterocycles. The maximum absolute atomic E-state index is 10.6. The van der Waals surface area contributed by atoms with Crippen LogP contribution in [-0.4, -0.2) is 36.6 Å². The molecule has 1 aliphatic rings. The largest absolute Gasteiger partial charge is 0.450 e. The molecule has 1 unspecified atom stereocenters. The van der Waals surface area contributed by atoms with Crippen LogP contribution >= 0.6 is 0 Å². The summed E-state index contributed by atoms with van der Waals surface area (Å²) in [7, 11) is 0. The first-order valence-electron chi connectivity index (χ1n) is 5.56. The van der Waals surface area contributed by atoms with Crippen LogP contribution < -0.4 is 0 Å². The zero-order valence-corrected chi connectivity index (χ0v) is 9.58. The Morgan fingerprint density at radius 2 is 2.07 bits per heavy atom. The summed E-state index contributed by atoms with van der Waals surface area (Å²) in [6, 6.07) is 0. The van der Waals surface area contributed by atoms with Crippen LogP contribution in [0, 0.1) is 11.8 Å². The van der Waals surface area contributed by atoms with Crippen LogP contribution in [0.25, 0.3) is 0 Å². The van der Waals surface area contributed by atoms with Gasteiger partial charge in [-0.25, -0.2) is 0 Å². The van der Waals surface area contributed by atoms with Gasteiger partial charge in [-0.1, -0.05) is 18.3 Å². The quantitative estimate of drug-likeness (QED) is 0.509. The molecular formula is C12H19NO2. The number of carbonyl (C=O) groups excluding carboxylic acids is 1. The van der Waals surface area contributed by atoms with Gasteiger partial charge >= 0.3 is 5.97 Å². The van der Waals surface area contributed by atoms with E-state index in [0.717, 1.165) is 19.6 Å². The number of hydrogen-bond donors (Lipinski definition) is 0. The lowest BCUT2D eigenvalue weighted by Crippen LogP contribution is -2.30. The number of carbonyl (C=O) groups is 1. The SMILES string of the molecule is CC(=O)OC(C)C#CCN1CCCCC1. The Hall–Kier alpha value is -1.01. The highest BCUT2D eigenvalue weighted by Crippen LogP contribution is 2.07. The second-order valence-corrected chi connectivity index (χ2v) is 3.91. The Morgan fingerprint density at radius 3 is 2.67 bits per heavy atom. The summed E-state index contributed by atoms with van der Waals surface area (Å²) in [4.78, 5) is 13.0. The number of rotatable bonds is 2. The van der Waals surface area contributed by atoms with E-state index in [9.17, 15) is 4.79 Å². The van der Waals surface area contributed by atoms with Gasteiger partial charge in [-0.2, -0.15) is 0 Å². The van der Waals surface area contributed by atoms with Crippen LogP contribution in [0.15, 0.2) is 0 Å². The molecule has 3 nitrogen and oxygen atoms in total. The van der Waals surface area contributed by atoms with Crippen molar-refractivity contribution in [3.8, 4) is 11.8 Å². The van der Waals surface area contributed by atoms with Gasteiger partial charge < -0.3 is 4.74 Å². The van der Waals surface area contributed by atoms with Crippen molar-refractivity contribution < 1.29 is 9.53 Å². The molecule has 1 atom stereocenters. The molecule has 0 spiro atoms. The van der Waals surface area contributed by atoms with Crippen molar-refractivity contribution in [1.82, 2.24) is 4.90 Å². The van der Waals surface area contributed by atoms with Gasteiger partial charge in [-0.05, 0) is 32.9 Å². The molecule has 0 bridgehead atoms. The van der Waals surface area contributed by atoms with E-state index >= 15 is 0 Å². The molecule has 3 heteroatoms. The lowest BCUT2D eigenvalue weighted by atomic mass is 10.1. The van der Waals surface area contributed by atoms with Crippen LogP contribution in [0.2, 0.25) is 0 Å². The fourth-order valence-corrected chi connectivity index (χ4v) is 1.70. The molecule has 0 aliphatic carbocycles. The average Bonchev–Trinajstić information content (AvgIpc) is 2.18. The molecular weight excluding hydrogens is 190 g/mol. The Labute approximate surface area is 91.8 Å². The summed E-state index contributed by atoms with van der Waals surface area (Å²) >= 11 is 0. The standard InChI is InChI=1S/C12H19NO2/c1-11(15-12(2)14)7-6-10-13-8-4-3-5-9-13/h11H,3-5,8-10H2,1-2H3. The lowest BCUT2D eigenvalue weighted by Gasteiger charge is -2.23. The maximum Gasteiger partial charge on any atom is 0.303 e. The summed E-state index contributed by atoms with van der Waals surface area (Å²) in [5, 5.41) is 0. The molecule has 0 aromatic carbocycles. The zero-order valence-electron chi connectivity index (χ0n) is 9.58. The van der Waals surface area contributed by atoms with E-state index in [-0.39, 0.29) is 12.1 Å². The Balaban J connectivity index is 2.22. The van der Waals surface area contributed by atoms with Crippen LogP contribution in [0.3, 0.4) is 0 Å². The van der Waals surface area contributed by atoms with Crippen LogP contribution in [0.5, 0.6) is 0 Å². The maximum atomic E-state index is 10.6. The van der Waals surface area contributed by atoms with Crippen molar-refractivity contribution >= 4 is 5.97 Å². The van der Waals surface area contributed by atoms with Gasteiger partial charge in [-0.3, -0.25) is 9.69 Å². The van der Waals surface area contributed by atoms with Crippen LogP contribution in [0.4, 0.5) is 0 Å². The van der Waals surface area contributed by atoms with Crippen molar-refractivity contribution in [2.45, 2.75) is 39.2 Å². The molecule has 84 valence electrons. The third-order valence-corrected chi connectivity index (χ3v) is 2.40. The minimum Gasteiger partial charge on any atom is -0.450 e. The minimum atomic E-state index is -0.285. The number of likely N-dealkylation sites (tertiary alicyclic amines) is 1. The molecule has 0 amide bonds. The van der Waals surface area contributed by atoms with Crippen molar-refractivity contribution in [3.63, 3.8) is 0 Å². The molecule has 0 N–H and O–H groups in total. The van der Waals surface area contributed by atoms with Crippen molar-refractivity contribution in [2.75, 3.05) is 19.6 Å². The van der Waals surface area contributed by atoms with E-state index in [2.05, 4.69) is 16.7 Å². The number of hydrogen-bond acceptors (Lipinski definition) is 3.